The molecule has 3 N–H and O–H groups in total. The lowest BCUT2D eigenvalue weighted by molar-refractivity contribution is -0.145. The Bertz CT molecular complexity index is 1050. The number of ether oxygens (including phenoxy) is 1. The van der Waals surface area contributed by atoms with E-state index >= 15 is 0 Å². The van der Waals surface area contributed by atoms with Gasteiger partial charge in [-0.3, -0.25) is 19.2 Å². The van der Waals surface area contributed by atoms with E-state index in [1.807, 2.05) is 6.92 Å². The normalized spacial score (nSPS) is 29.5. The van der Waals surface area contributed by atoms with Crippen LogP contribution in [0.4, 0.5) is 4.79 Å². The molecule has 1 saturated heterocycles. The molecule has 0 bridgehead atoms. The Morgan fingerprint density at radius 3 is 2.36 bits per heavy atom. The minimum Gasteiger partial charge on any atom is -0.446 e. The molecule has 42 heavy (non-hydrogen) atoms. The van der Waals surface area contributed by atoms with E-state index in [-0.39, 0.29) is 41.7 Å². The second kappa shape index (κ2) is 13.6. The van der Waals surface area contributed by atoms with E-state index in [4.69, 9.17) is 4.74 Å². The summed E-state index contributed by atoms with van der Waals surface area (Å²) in [7, 11) is 0. The van der Waals surface area contributed by atoms with Crippen molar-refractivity contribution in [3.63, 3.8) is 0 Å². The van der Waals surface area contributed by atoms with Crippen molar-refractivity contribution in [3.8, 4) is 0 Å². The molecule has 3 saturated carbocycles. The van der Waals surface area contributed by atoms with Crippen LogP contribution in [0.5, 0.6) is 0 Å². The Morgan fingerprint density at radius 1 is 1.02 bits per heavy atom. The largest absolute Gasteiger partial charge is 0.446 e. The first-order valence-corrected chi connectivity index (χ1v) is 16.0. The number of Topliss-reactive ketones (excluding diaryl/α,β-unsaturated/α-hetero) is 1. The summed E-state index contributed by atoms with van der Waals surface area (Å²) in [5.74, 6) is -1.82. The number of nitrogens with one attached hydrogen (secondary N) is 3. The van der Waals surface area contributed by atoms with Gasteiger partial charge < -0.3 is 25.6 Å². The molecule has 234 valence electrons. The van der Waals surface area contributed by atoms with E-state index in [2.05, 4.69) is 43.3 Å². The average Bonchev–Trinajstić information content (AvgIpc) is 3.30. The highest BCUT2D eigenvalue weighted by Crippen LogP contribution is 2.65. The third kappa shape index (κ3) is 6.83. The zero-order chi connectivity index (χ0) is 30.6. The van der Waals surface area contributed by atoms with Crippen LogP contribution in [0.15, 0.2) is 12.7 Å². The van der Waals surface area contributed by atoms with Gasteiger partial charge in [0.15, 0.2) is 0 Å². The number of hydrogen-bond acceptors (Lipinski definition) is 6. The minimum absolute atomic E-state index is 0.0311. The van der Waals surface area contributed by atoms with Crippen LogP contribution in [-0.2, 0) is 23.9 Å². The molecule has 3 aliphatic carbocycles. The molecule has 0 aromatic carbocycles. The molecule has 10 nitrogen and oxygen atoms in total. The third-order valence-electron chi connectivity index (χ3n) is 10.3. The van der Waals surface area contributed by atoms with E-state index in [0.29, 0.717) is 25.3 Å². The third-order valence-corrected chi connectivity index (χ3v) is 10.3. The van der Waals surface area contributed by atoms with E-state index < -0.39 is 41.8 Å². The lowest BCUT2D eigenvalue weighted by Crippen LogP contribution is -2.59. The van der Waals surface area contributed by atoms with Crippen molar-refractivity contribution in [1.82, 2.24) is 20.9 Å². The molecule has 3 unspecified atom stereocenters. The van der Waals surface area contributed by atoms with Gasteiger partial charge in [0.1, 0.15) is 18.2 Å². The van der Waals surface area contributed by atoms with Crippen LogP contribution in [-0.4, -0.2) is 71.8 Å². The van der Waals surface area contributed by atoms with Crippen LogP contribution in [0.25, 0.3) is 0 Å². The summed E-state index contributed by atoms with van der Waals surface area (Å²) < 4.78 is 5.77. The topological polar surface area (TPSA) is 134 Å². The van der Waals surface area contributed by atoms with Crippen LogP contribution in [0.2, 0.25) is 0 Å². The van der Waals surface area contributed by atoms with Crippen molar-refractivity contribution in [2.24, 2.45) is 29.1 Å². The fourth-order valence-corrected chi connectivity index (χ4v) is 7.65. The Kier molecular flexibility index (Phi) is 10.4. The van der Waals surface area contributed by atoms with Crippen LogP contribution >= 0.6 is 0 Å². The molecule has 10 heteroatoms. The maximum absolute atomic E-state index is 14.3. The smallest absolute Gasteiger partial charge is 0.408 e. The molecule has 0 aromatic heterocycles. The number of hydrogen-bond donors (Lipinski definition) is 3. The first kappa shape index (κ1) is 32.0. The number of carbonyl (C=O) groups is 5. The predicted molar refractivity (Wildman–Crippen MR) is 158 cm³/mol. The van der Waals surface area contributed by atoms with Crippen LogP contribution in [0.1, 0.15) is 91.9 Å². The van der Waals surface area contributed by atoms with Crippen molar-refractivity contribution < 1.29 is 28.7 Å². The predicted octanol–water partition coefficient (Wildman–Crippen LogP) is 3.49. The second-order valence-electron chi connectivity index (χ2n) is 13.5. The number of likely N-dealkylation sites (tertiary alicyclic amines) is 1. The Labute approximate surface area is 250 Å². The van der Waals surface area contributed by atoms with Crippen molar-refractivity contribution in [3.05, 3.63) is 12.7 Å². The number of amides is 4. The summed E-state index contributed by atoms with van der Waals surface area (Å²) in [6.45, 7) is 12.3. The first-order valence-electron chi connectivity index (χ1n) is 16.0. The van der Waals surface area contributed by atoms with Gasteiger partial charge >= 0.3 is 6.09 Å². The molecule has 4 fully saturated rings. The van der Waals surface area contributed by atoms with Gasteiger partial charge in [-0.25, -0.2) is 4.79 Å². The molecule has 4 amide bonds. The molecule has 4 rings (SSSR count). The highest BCUT2D eigenvalue weighted by atomic mass is 16.6. The van der Waals surface area contributed by atoms with Gasteiger partial charge in [-0.15, -0.1) is 6.58 Å². The SMILES string of the molecule is C=CCNC(=O)C(=O)C(CCC)NC(=O)[C@@H]1[C@H]2[C@@H](CN1C(=O)C(NC(=O)OC1CCC[C@@H]1C)C1CCCCC1)C2(C)C. The minimum atomic E-state index is -0.985. The van der Waals surface area contributed by atoms with Crippen LogP contribution < -0.4 is 16.0 Å². The molecule has 0 radical (unpaired) electrons. The number of piperidine rings is 1. The Morgan fingerprint density at radius 2 is 1.74 bits per heavy atom. The van der Waals surface area contributed by atoms with Crippen LogP contribution in [0.3, 0.4) is 0 Å². The average molecular weight is 587 g/mol. The Balaban J connectivity index is 1.52. The molecule has 7 atom stereocenters. The summed E-state index contributed by atoms with van der Waals surface area (Å²) >= 11 is 0. The zero-order valence-corrected chi connectivity index (χ0v) is 25.8. The summed E-state index contributed by atoms with van der Waals surface area (Å²) in [5.41, 5.74) is -0.129. The van der Waals surface area contributed by atoms with E-state index in [1.165, 1.54) is 6.08 Å². The number of carbonyl (C=O) groups excluding carboxylic acids is 5. The van der Waals surface area contributed by atoms with Crippen molar-refractivity contribution >= 4 is 29.6 Å². The van der Waals surface area contributed by atoms with Crippen molar-refractivity contribution in [2.45, 2.75) is 116 Å². The molecular formula is C32H50N4O6. The summed E-state index contributed by atoms with van der Waals surface area (Å²) in [6.07, 6.45) is 9.25. The molecular weight excluding hydrogens is 536 g/mol. The first-order chi connectivity index (χ1) is 20.0. The van der Waals surface area contributed by atoms with Crippen molar-refractivity contribution in [2.75, 3.05) is 13.1 Å². The molecule has 4 aliphatic rings. The summed E-state index contributed by atoms with van der Waals surface area (Å²) in [4.78, 5) is 68.2. The van der Waals surface area contributed by atoms with Crippen molar-refractivity contribution in [1.29, 1.82) is 0 Å². The van der Waals surface area contributed by atoms with Gasteiger partial charge in [0, 0.05) is 13.1 Å². The maximum Gasteiger partial charge on any atom is 0.408 e. The summed E-state index contributed by atoms with van der Waals surface area (Å²) in [5, 5.41) is 8.26. The number of ketones is 1. The van der Waals surface area contributed by atoms with Gasteiger partial charge in [0.05, 0.1) is 6.04 Å². The number of rotatable bonds is 12. The monoisotopic (exact) mass is 586 g/mol. The highest BCUT2D eigenvalue weighted by Gasteiger charge is 2.69. The molecule has 1 aliphatic heterocycles. The van der Waals surface area contributed by atoms with E-state index in [0.717, 1.165) is 51.4 Å². The number of fused-ring (bicyclic) bond motifs is 1. The van der Waals surface area contributed by atoms with Crippen LogP contribution in [0, 0.1) is 29.1 Å². The van der Waals surface area contributed by atoms with Gasteiger partial charge in [-0.05, 0) is 67.6 Å². The number of alkyl carbamates (subject to hydrolysis) is 1. The van der Waals surface area contributed by atoms with Gasteiger partial charge in [-0.1, -0.05) is 59.5 Å². The molecule has 1 heterocycles. The summed E-state index contributed by atoms with van der Waals surface area (Å²) in [6, 6.07) is -2.54. The van der Waals surface area contributed by atoms with E-state index in [1.54, 1.807) is 4.90 Å². The fourth-order valence-electron chi connectivity index (χ4n) is 7.65. The maximum atomic E-state index is 14.3. The Hall–Kier alpha value is -2.91. The molecule has 0 aromatic rings. The standard InChI is InChI=1S/C32H50N4O6/c1-6-12-22(27(37)29(39)33-17-7-2)34-28(38)26-24-21(32(24,4)5)18-36(26)30(40)25(20-14-9-8-10-15-20)35-31(41)42-23-16-11-13-19(23)3/h7,19-26H,2,6,8-18H2,1,3-5H3,(H,33,39)(H,34,38)(H,35,41)/t19-,21+,22?,23?,24+,25?,26-/m0/s1. The fraction of sp³-hybridized carbons (Fsp3) is 0.781. The molecule has 0 spiro atoms. The quantitative estimate of drug-likeness (QED) is 0.237. The second-order valence-corrected chi connectivity index (χ2v) is 13.5. The van der Waals surface area contributed by atoms with Gasteiger partial charge in [-0.2, -0.15) is 0 Å². The lowest BCUT2D eigenvalue weighted by atomic mass is 9.83. The highest BCUT2D eigenvalue weighted by molar-refractivity contribution is 6.38. The number of nitrogens with zero attached hydrogens (tertiary/aromatic N) is 1. The lowest BCUT2D eigenvalue weighted by Gasteiger charge is -2.37. The van der Waals surface area contributed by atoms with Gasteiger partial charge in [0.2, 0.25) is 17.6 Å². The van der Waals surface area contributed by atoms with Gasteiger partial charge in [0.25, 0.3) is 5.91 Å². The van der Waals surface area contributed by atoms with E-state index in [9.17, 15) is 24.0 Å². The zero-order valence-electron chi connectivity index (χ0n) is 25.8.